The molecule has 0 saturated carbocycles. The third kappa shape index (κ3) is 6.13. The number of benzene rings is 1. The van der Waals surface area contributed by atoms with Gasteiger partial charge in [0.2, 0.25) is 0 Å². The van der Waals surface area contributed by atoms with Gasteiger partial charge in [-0.05, 0) is 56.5 Å². The second kappa shape index (κ2) is 9.64. The molecule has 0 aliphatic carbocycles. The molecule has 1 fully saturated rings. The summed E-state index contributed by atoms with van der Waals surface area (Å²) in [6.07, 6.45) is 1.17. The number of rotatable bonds is 8. The number of carbonyl (C=O) groups excluding carboxylic acids is 1. The molecule has 134 valence electrons. The maximum atomic E-state index is 12.3. The Morgan fingerprint density at radius 1 is 1.25 bits per heavy atom. The molecule has 0 radical (unpaired) electrons. The number of ether oxygens (including phenoxy) is 2. The molecule has 5 heteroatoms. The Balaban J connectivity index is 1.74. The van der Waals surface area contributed by atoms with E-state index in [1.54, 1.807) is 0 Å². The highest BCUT2D eigenvalue weighted by molar-refractivity contribution is 5.81. The predicted octanol–water partition coefficient (Wildman–Crippen LogP) is 2.30. The van der Waals surface area contributed by atoms with Crippen LogP contribution in [0.4, 0.5) is 0 Å². The molecule has 0 spiro atoms. The normalized spacial score (nSPS) is 16.6. The molecule has 0 unspecified atom stereocenters. The number of nitrogens with zero attached hydrogens (tertiary/aromatic N) is 1. The van der Waals surface area contributed by atoms with Gasteiger partial charge in [0.1, 0.15) is 5.75 Å². The summed E-state index contributed by atoms with van der Waals surface area (Å²) in [5.74, 6) is 0.737. The fourth-order valence-corrected chi connectivity index (χ4v) is 2.94. The zero-order chi connectivity index (χ0) is 17.4. The van der Waals surface area contributed by atoms with Crippen molar-refractivity contribution in [3.05, 3.63) is 29.3 Å². The third-order valence-corrected chi connectivity index (χ3v) is 4.19. The van der Waals surface area contributed by atoms with Crippen LogP contribution in [0, 0.1) is 13.8 Å². The van der Waals surface area contributed by atoms with Gasteiger partial charge in [0.05, 0.1) is 13.2 Å². The van der Waals surface area contributed by atoms with E-state index in [2.05, 4.69) is 16.3 Å². The van der Waals surface area contributed by atoms with Crippen molar-refractivity contribution in [2.45, 2.75) is 39.7 Å². The van der Waals surface area contributed by atoms with E-state index in [1.807, 2.05) is 32.9 Å². The number of amides is 1. The number of nitrogens with one attached hydrogen (secondary N) is 1. The summed E-state index contributed by atoms with van der Waals surface area (Å²) in [7, 11) is 0. The van der Waals surface area contributed by atoms with Gasteiger partial charge in [-0.25, -0.2) is 0 Å². The van der Waals surface area contributed by atoms with Crippen LogP contribution in [0.2, 0.25) is 0 Å². The first-order valence-corrected chi connectivity index (χ1v) is 8.91. The van der Waals surface area contributed by atoms with E-state index in [0.717, 1.165) is 56.1 Å². The van der Waals surface area contributed by atoms with Gasteiger partial charge in [-0.15, -0.1) is 0 Å². The third-order valence-electron chi connectivity index (χ3n) is 4.19. The lowest BCUT2D eigenvalue weighted by molar-refractivity contribution is -0.128. The lowest BCUT2D eigenvalue weighted by Crippen LogP contribution is -2.41. The molecule has 1 amide bonds. The highest BCUT2D eigenvalue weighted by Crippen LogP contribution is 2.18. The summed E-state index contributed by atoms with van der Waals surface area (Å²) < 4.78 is 11.2. The van der Waals surface area contributed by atoms with Crippen LogP contribution < -0.4 is 10.1 Å². The molecular formula is C19H30N2O3. The van der Waals surface area contributed by atoms with Crippen molar-refractivity contribution in [1.29, 1.82) is 0 Å². The smallest absolute Gasteiger partial charge is 0.261 e. The average molecular weight is 334 g/mol. The predicted molar refractivity (Wildman–Crippen MR) is 95.5 cm³/mol. The van der Waals surface area contributed by atoms with Gasteiger partial charge in [-0.2, -0.15) is 0 Å². The van der Waals surface area contributed by atoms with Crippen molar-refractivity contribution in [2.75, 3.05) is 39.4 Å². The molecule has 1 heterocycles. The first-order chi connectivity index (χ1) is 11.6. The van der Waals surface area contributed by atoms with Crippen LogP contribution >= 0.6 is 0 Å². The van der Waals surface area contributed by atoms with Crippen LogP contribution in [0.5, 0.6) is 5.75 Å². The van der Waals surface area contributed by atoms with E-state index in [4.69, 9.17) is 9.47 Å². The van der Waals surface area contributed by atoms with E-state index in [0.29, 0.717) is 13.0 Å². The molecule has 0 aromatic heterocycles. The molecule has 1 aromatic rings. The average Bonchev–Trinajstić information content (AvgIpc) is 2.56. The molecule has 1 aromatic carbocycles. The van der Waals surface area contributed by atoms with E-state index >= 15 is 0 Å². The molecule has 1 aliphatic heterocycles. The second-order valence-corrected chi connectivity index (χ2v) is 6.44. The monoisotopic (exact) mass is 334 g/mol. The van der Waals surface area contributed by atoms with Crippen LogP contribution in [0.25, 0.3) is 0 Å². The Hall–Kier alpha value is -1.59. The summed E-state index contributed by atoms with van der Waals surface area (Å²) >= 11 is 0. The number of hydrogen-bond donors (Lipinski definition) is 1. The van der Waals surface area contributed by atoms with Crippen molar-refractivity contribution in [2.24, 2.45) is 0 Å². The van der Waals surface area contributed by atoms with Crippen molar-refractivity contribution in [3.8, 4) is 5.75 Å². The highest BCUT2D eigenvalue weighted by Gasteiger charge is 2.18. The van der Waals surface area contributed by atoms with Crippen LogP contribution in [-0.2, 0) is 9.53 Å². The van der Waals surface area contributed by atoms with Gasteiger partial charge in [0.15, 0.2) is 6.10 Å². The largest absolute Gasteiger partial charge is 0.481 e. The van der Waals surface area contributed by atoms with Crippen LogP contribution in [0.15, 0.2) is 18.2 Å². The molecular weight excluding hydrogens is 304 g/mol. The topological polar surface area (TPSA) is 50.8 Å². The maximum Gasteiger partial charge on any atom is 0.261 e. The highest BCUT2D eigenvalue weighted by atomic mass is 16.5. The lowest BCUT2D eigenvalue weighted by atomic mass is 10.1. The number of morpholine rings is 1. The summed E-state index contributed by atoms with van der Waals surface area (Å²) in [4.78, 5) is 14.7. The molecule has 1 saturated heterocycles. The first-order valence-electron chi connectivity index (χ1n) is 8.91. The fourth-order valence-electron chi connectivity index (χ4n) is 2.94. The fraction of sp³-hybridized carbons (Fsp3) is 0.632. The van der Waals surface area contributed by atoms with Crippen LogP contribution in [0.1, 0.15) is 30.9 Å². The molecule has 1 N–H and O–H groups in total. The van der Waals surface area contributed by atoms with Gasteiger partial charge in [0.25, 0.3) is 5.91 Å². The van der Waals surface area contributed by atoms with E-state index in [-0.39, 0.29) is 5.91 Å². The Morgan fingerprint density at radius 3 is 2.54 bits per heavy atom. The minimum absolute atomic E-state index is 0.0290. The SMILES string of the molecule is CC[C@@H](Oc1cc(C)cc(C)c1)C(=O)NCCCN1CCOCC1. The minimum atomic E-state index is -0.436. The molecule has 2 rings (SSSR count). The van der Waals surface area contributed by atoms with Crippen molar-refractivity contribution < 1.29 is 14.3 Å². The Bertz CT molecular complexity index is 507. The minimum Gasteiger partial charge on any atom is -0.481 e. The molecule has 0 bridgehead atoms. The Labute approximate surface area is 145 Å². The van der Waals surface area contributed by atoms with Gasteiger partial charge >= 0.3 is 0 Å². The lowest BCUT2D eigenvalue weighted by Gasteiger charge is -2.26. The van der Waals surface area contributed by atoms with Crippen LogP contribution in [-0.4, -0.2) is 56.3 Å². The summed E-state index contributed by atoms with van der Waals surface area (Å²) in [5, 5.41) is 3.00. The van der Waals surface area contributed by atoms with Gasteiger partial charge in [-0.3, -0.25) is 9.69 Å². The molecule has 1 aliphatic rings. The summed E-state index contributed by atoms with van der Waals surface area (Å²) in [6.45, 7) is 11.3. The Morgan fingerprint density at radius 2 is 1.92 bits per heavy atom. The molecule has 5 nitrogen and oxygen atoms in total. The van der Waals surface area contributed by atoms with E-state index in [1.165, 1.54) is 0 Å². The number of aryl methyl sites for hydroxylation is 2. The van der Waals surface area contributed by atoms with Gasteiger partial charge in [-0.1, -0.05) is 13.0 Å². The molecule has 24 heavy (non-hydrogen) atoms. The standard InChI is InChI=1S/C19H30N2O3/c1-4-18(24-17-13-15(2)12-16(3)14-17)19(22)20-6-5-7-21-8-10-23-11-9-21/h12-14,18H,4-11H2,1-3H3,(H,20,22)/t18-/m1/s1. The summed E-state index contributed by atoms with van der Waals surface area (Å²) in [5.41, 5.74) is 2.29. The maximum absolute atomic E-state index is 12.3. The van der Waals surface area contributed by atoms with Gasteiger partial charge < -0.3 is 14.8 Å². The van der Waals surface area contributed by atoms with E-state index in [9.17, 15) is 4.79 Å². The summed E-state index contributed by atoms with van der Waals surface area (Å²) in [6, 6.07) is 6.04. The zero-order valence-corrected chi connectivity index (χ0v) is 15.1. The Kier molecular flexibility index (Phi) is 7.53. The van der Waals surface area contributed by atoms with Crippen molar-refractivity contribution in [1.82, 2.24) is 10.2 Å². The second-order valence-electron chi connectivity index (χ2n) is 6.44. The first kappa shape index (κ1) is 18.7. The van der Waals surface area contributed by atoms with Crippen LogP contribution in [0.3, 0.4) is 0 Å². The number of hydrogen-bond acceptors (Lipinski definition) is 4. The van der Waals surface area contributed by atoms with Crippen molar-refractivity contribution in [3.63, 3.8) is 0 Å². The van der Waals surface area contributed by atoms with Gasteiger partial charge in [0, 0.05) is 19.6 Å². The zero-order valence-electron chi connectivity index (χ0n) is 15.1. The quantitative estimate of drug-likeness (QED) is 0.741. The van der Waals surface area contributed by atoms with E-state index < -0.39 is 6.10 Å². The van der Waals surface area contributed by atoms with Crippen molar-refractivity contribution >= 4 is 5.91 Å². The molecule has 1 atom stereocenters. The number of carbonyl (C=O) groups is 1.